The molecule has 0 amide bonds. The monoisotopic (exact) mass is 230 g/mol. The Bertz CT molecular complexity index is 385. The Balaban J connectivity index is 2.45. The van der Waals surface area contributed by atoms with Crippen molar-refractivity contribution in [3.05, 3.63) is 29.3 Å². The number of hydrogen-bond donors (Lipinski definition) is 2. The fourth-order valence-corrected chi connectivity index (χ4v) is 2.16. The van der Waals surface area contributed by atoms with Gasteiger partial charge in [-0.1, -0.05) is 6.07 Å². The molecule has 1 atom stereocenters. The minimum atomic E-state index is -4.27. The molecular weight excluding hydrogens is 217 g/mol. The summed E-state index contributed by atoms with van der Waals surface area (Å²) in [7, 11) is 1.74. The predicted octanol–water partition coefficient (Wildman–Crippen LogP) is 2.43. The van der Waals surface area contributed by atoms with E-state index in [1.807, 2.05) is 0 Å². The summed E-state index contributed by atoms with van der Waals surface area (Å²) >= 11 is 0. The maximum Gasteiger partial charge on any atom is 0.416 e. The van der Waals surface area contributed by atoms with Gasteiger partial charge in [0.2, 0.25) is 0 Å². The van der Waals surface area contributed by atoms with E-state index in [9.17, 15) is 13.2 Å². The minimum absolute atomic E-state index is 0.113. The molecule has 0 aromatic heterocycles. The van der Waals surface area contributed by atoms with E-state index in [2.05, 4.69) is 10.6 Å². The van der Waals surface area contributed by atoms with Crippen LogP contribution in [0.25, 0.3) is 0 Å². The van der Waals surface area contributed by atoms with Crippen molar-refractivity contribution >= 4 is 5.69 Å². The van der Waals surface area contributed by atoms with Crippen molar-refractivity contribution in [1.29, 1.82) is 0 Å². The highest BCUT2D eigenvalue weighted by molar-refractivity contribution is 5.61. The first-order valence-corrected chi connectivity index (χ1v) is 5.12. The molecule has 1 unspecified atom stereocenters. The molecule has 0 radical (unpaired) electrons. The smallest absolute Gasteiger partial charge is 0.384 e. The van der Waals surface area contributed by atoms with Crippen LogP contribution in [0.3, 0.4) is 0 Å². The average molecular weight is 230 g/mol. The van der Waals surface area contributed by atoms with Crippen LogP contribution >= 0.6 is 0 Å². The molecule has 0 fully saturated rings. The van der Waals surface area contributed by atoms with Gasteiger partial charge < -0.3 is 10.6 Å². The number of anilines is 1. The lowest BCUT2D eigenvalue weighted by atomic mass is 9.95. The van der Waals surface area contributed by atoms with Crippen molar-refractivity contribution in [2.75, 3.05) is 25.5 Å². The van der Waals surface area contributed by atoms with Gasteiger partial charge in [0.1, 0.15) is 0 Å². The lowest BCUT2D eigenvalue weighted by Crippen LogP contribution is -2.20. The second-order valence-corrected chi connectivity index (χ2v) is 3.90. The Morgan fingerprint density at radius 1 is 1.44 bits per heavy atom. The van der Waals surface area contributed by atoms with Gasteiger partial charge in [-0.25, -0.2) is 0 Å². The average Bonchev–Trinajstić information content (AvgIpc) is 2.61. The van der Waals surface area contributed by atoms with Crippen LogP contribution in [0, 0.1) is 0 Å². The molecule has 1 aliphatic heterocycles. The zero-order valence-electron chi connectivity index (χ0n) is 8.86. The van der Waals surface area contributed by atoms with Crippen LogP contribution in [0.15, 0.2) is 18.2 Å². The van der Waals surface area contributed by atoms with Crippen LogP contribution in [0.5, 0.6) is 0 Å². The molecule has 1 aromatic rings. The Hall–Kier alpha value is -1.23. The van der Waals surface area contributed by atoms with E-state index in [1.165, 1.54) is 6.07 Å². The fraction of sp³-hybridized carbons (Fsp3) is 0.455. The van der Waals surface area contributed by atoms with Gasteiger partial charge in [-0.3, -0.25) is 0 Å². The van der Waals surface area contributed by atoms with Gasteiger partial charge in [0.05, 0.1) is 5.56 Å². The van der Waals surface area contributed by atoms with E-state index in [0.29, 0.717) is 24.3 Å². The molecule has 88 valence electrons. The summed E-state index contributed by atoms with van der Waals surface area (Å²) in [6.07, 6.45) is -4.27. The fourth-order valence-electron chi connectivity index (χ4n) is 2.16. The van der Waals surface area contributed by atoms with Gasteiger partial charge in [-0.15, -0.1) is 0 Å². The standard InChI is InChI=1S/C11H13F3N2/c1-15-5-7-6-16-9-4-2-3-8(10(7)9)11(12,13)14/h2-4,7,15-16H,5-6H2,1H3. The quantitative estimate of drug-likeness (QED) is 0.815. The van der Waals surface area contributed by atoms with Crippen molar-refractivity contribution in [3.63, 3.8) is 0 Å². The second kappa shape index (κ2) is 3.97. The topological polar surface area (TPSA) is 24.1 Å². The number of rotatable bonds is 2. The van der Waals surface area contributed by atoms with Gasteiger partial charge in [-0.05, 0) is 24.7 Å². The second-order valence-electron chi connectivity index (χ2n) is 3.90. The van der Waals surface area contributed by atoms with Gasteiger partial charge in [0.25, 0.3) is 0 Å². The SMILES string of the molecule is CNCC1CNc2cccc(C(F)(F)F)c21. The van der Waals surface area contributed by atoms with Crippen LogP contribution in [-0.4, -0.2) is 20.1 Å². The Labute approximate surface area is 91.8 Å². The molecule has 2 N–H and O–H groups in total. The molecule has 0 saturated carbocycles. The Kier molecular flexibility index (Phi) is 2.80. The minimum Gasteiger partial charge on any atom is -0.384 e. The summed E-state index contributed by atoms with van der Waals surface area (Å²) < 4.78 is 38.4. The third-order valence-electron chi connectivity index (χ3n) is 2.81. The number of nitrogens with one attached hydrogen (secondary N) is 2. The highest BCUT2D eigenvalue weighted by Crippen LogP contribution is 2.41. The van der Waals surface area contributed by atoms with Crippen LogP contribution in [0.1, 0.15) is 17.0 Å². The number of alkyl halides is 3. The van der Waals surface area contributed by atoms with Crippen LogP contribution in [0.4, 0.5) is 18.9 Å². The number of fused-ring (bicyclic) bond motifs is 1. The molecule has 16 heavy (non-hydrogen) atoms. The van der Waals surface area contributed by atoms with Gasteiger partial charge >= 0.3 is 6.18 Å². The molecule has 0 spiro atoms. The first kappa shape index (κ1) is 11.3. The van der Waals surface area contributed by atoms with Crippen LogP contribution in [-0.2, 0) is 6.18 Å². The summed E-state index contributed by atoms with van der Waals surface area (Å²) in [6, 6.07) is 4.28. The first-order valence-electron chi connectivity index (χ1n) is 5.12. The number of halogens is 3. The van der Waals surface area contributed by atoms with E-state index >= 15 is 0 Å². The van der Waals surface area contributed by atoms with Gasteiger partial charge in [0, 0.05) is 24.7 Å². The number of hydrogen-bond acceptors (Lipinski definition) is 2. The lowest BCUT2D eigenvalue weighted by molar-refractivity contribution is -0.138. The van der Waals surface area contributed by atoms with Crippen LogP contribution < -0.4 is 10.6 Å². The third-order valence-corrected chi connectivity index (χ3v) is 2.81. The van der Waals surface area contributed by atoms with Crippen molar-refractivity contribution < 1.29 is 13.2 Å². The van der Waals surface area contributed by atoms with Crippen molar-refractivity contribution in [3.8, 4) is 0 Å². The normalized spacial score (nSPS) is 19.4. The van der Waals surface area contributed by atoms with Crippen LogP contribution in [0.2, 0.25) is 0 Å². The maximum absolute atomic E-state index is 12.8. The molecule has 2 rings (SSSR count). The molecule has 1 heterocycles. The molecule has 0 bridgehead atoms. The zero-order chi connectivity index (χ0) is 11.8. The highest BCUT2D eigenvalue weighted by atomic mass is 19.4. The Morgan fingerprint density at radius 2 is 2.19 bits per heavy atom. The lowest BCUT2D eigenvalue weighted by Gasteiger charge is -2.16. The van der Waals surface area contributed by atoms with E-state index in [-0.39, 0.29) is 5.92 Å². The molecule has 1 aromatic carbocycles. The largest absolute Gasteiger partial charge is 0.416 e. The molecule has 1 aliphatic rings. The predicted molar refractivity (Wildman–Crippen MR) is 56.6 cm³/mol. The van der Waals surface area contributed by atoms with Crippen molar-refractivity contribution in [1.82, 2.24) is 5.32 Å². The molecule has 0 saturated heterocycles. The van der Waals surface area contributed by atoms with E-state index in [1.54, 1.807) is 13.1 Å². The number of benzene rings is 1. The van der Waals surface area contributed by atoms with E-state index < -0.39 is 11.7 Å². The first-order chi connectivity index (χ1) is 7.54. The summed E-state index contributed by atoms with van der Waals surface area (Å²) in [5.41, 5.74) is 0.481. The summed E-state index contributed by atoms with van der Waals surface area (Å²) in [4.78, 5) is 0. The third kappa shape index (κ3) is 1.87. The Morgan fingerprint density at radius 3 is 2.81 bits per heavy atom. The number of likely N-dealkylation sites (N-methyl/N-ethyl adjacent to an activating group) is 1. The van der Waals surface area contributed by atoms with Crippen molar-refractivity contribution in [2.24, 2.45) is 0 Å². The van der Waals surface area contributed by atoms with Crippen molar-refractivity contribution in [2.45, 2.75) is 12.1 Å². The molecule has 0 aliphatic carbocycles. The summed E-state index contributed by atoms with van der Waals surface area (Å²) in [5, 5.41) is 5.93. The molecule has 5 heteroatoms. The van der Waals surface area contributed by atoms with E-state index in [0.717, 1.165) is 6.07 Å². The van der Waals surface area contributed by atoms with Gasteiger partial charge in [0.15, 0.2) is 0 Å². The van der Waals surface area contributed by atoms with Gasteiger partial charge in [-0.2, -0.15) is 13.2 Å². The summed E-state index contributed by atoms with van der Waals surface area (Å²) in [6.45, 7) is 1.11. The zero-order valence-corrected chi connectivity index (χ0v) is 8.86. The highest BCUT2D eigenvalue weighted by Gasteiger charge is 2.38. The maximum atomic E-state index is 12.8. The summed E-state index contributed by atoms with van der Waals surface area (Å²) in [5.74, 6) is -0.113. The molecular formula is C11H13F3N2. The van der Waals surface area contributed by atoms with E-state index in [4.69, 9.17) is 0 Å². The molecule has 2 nitrogen and oxygen atoms in total.